The van der Waals surface area contributed by atoms with Crippen LogP contribution in [0.4, 0.5) is 0 Å². The fourth-order valence-electron chi connectivity index (χ4n) is 3.11. The Hall–Kier alpha value is -2.33. The topological polar surface area (TPSA) is 49.4 Å². The first-order valence-corrected chi connectivity index (χ1v) is 8.69. The maximum absolute atomic E-state index is 12.6. The van der Waals surface area contributed by atoms with Gasteiger partial charge in [-0.3, -0.25) is 9.59 Å². The van der Waals surface area contributed by atoms with Gasteiger partial charge >= 0.3 is 0 Å². The van der Waals surface area contributed by atoms with Gasteiger partial charge in [0.05, 0.1) is 0 Å². The first-order valence-electron chi connectivity index (χ1n) is 8.31. The molecule has 1 N–H and O–H groups in total. The number of benzene rings is 2. The van der Waals surface area contributed by atoms with Crippen LogP contribution in [0.25, 0.3) is 0 Å². The number of amides is 2. The molecule has 2 amide bonds. The summed E-state index contributed by atoms with van der Waals surface area (Å²) in [6, 6.07) is 15.1. The number of carbonyl (C=O) groups excluding carboxylic acids is 2. The molecule has 1 aliphatic carbocycles. The van der Waals surface area contributed by atoms with Gasteiger partial charge in [-0.15, -0.1) is 0 Å². The molecule has 0 aromatic heterocycles. The van der Waals surface area contributed by atoms with E-state index in [0.29, 0.717) is 17.1 Å². The molecule has 2 aromatic rings. The van der Waals surface area contributed by atoms with Gasteiger partial charge in [0.1, 0.15) is 0 Å². The van der Waals surface area contributed by atoms with Crippen molar-refractivity contribution >= 4 is 23.4 Å². The van der Waals surface area contributed by atoms with Gasteiger partial charge in [0.2, 0.25) is 5.91 Å². The molecule has 1 fully saturated rings. The van der Waals surface area contributed by atoms with Crippen molar-refractivity contribution in [2.45, 2.75) is 18.9 Å². The quantitative estimate of drug-likeness (QED) is 0.891. The molecule has 0 bridgehead atoms. The Morgan fingerprint density at radius 2 is 1.92 bits per heavy atom. The van der Waals surface area contributed by atoms with Gasteiger partial charge in [-0.05, 0) is 47.7 Å². The zero-order valence-electron chi connectivity index (χ0n) is 14.3. The van der Waals surface area contributed by atoms with Crippen LogP contribution in [0.5, 0.6) is 0 Å². The van der Waals surface area contributed by atoms with Crippen LogP contribution in [0.2, 0.25) is 5.02 Å². The molecule has 5 heteroatoms. The van der Waals surface area contributed by atoms with E-state index in [4.69, 9.17) is 11.6 Å². The van der Waals surface area contributed by atoms with E-state index in [-0.39, 0.29) is 23.7 Å². The van der Waals surface area contributed by atoms with E-state index in [0.717, 1.165) is 17.5 Å². The molecule has 1 aliphatic rings. The number of nitrogens with one attached hydrogen (secondary N) is 1. The fourth-order valence-corrected chi connectivity index (χ4v) is 3.31. The average molecular weight is 357 g/mol. The van der Waals surface area contributed by atoms with Crippen LogP contribution in [0.15, 0.2) is 48.5 Å². The van der Waals surface area contributed by atoms with Gasteiger partial charge in [0.15, 0.2) is 0 Å². The Kier molecular flexibility index (Phi) is 5.09. The van der Waals surface area contributed by atoms with Crippen molar-refractivity contribution in [3.63, 3.8) is 0 Å². The largest absolute Gasteiger partial charge is 0.355 e. The van der Waals surface area contributed by atoms with Crippen molar-refractivity contribution in [1.29, 1.82) is 0 Å². The van der Waals surface area contributed by atoms with E-state index in [1.807, 2.05) is 43.4 Å². The molecule has 0 spiro atoms. The normalized spacial score (nSPS) is 18.5. The monoisotopic (exact) mass is 356 g/mol. The predicted molar refractivity (Wildman–Crippen MR) is 98.6 cm³/mol. The molecule has 0 saturated heterocycles. The van der Waals surface area contributed by atoms with Crippen LogP contribution in [0.1, 0.15) is 33.8 Å². The molecule has 130 valence electrons. The SMILES string of the molecule is CNC(=O)c1ccc(CN(C)C(=O)[C@H]2C[C@@H]2c2cccc(Cl)c2)cc1. The second-order valence-corrected chi connectivity index (χ2v) is 6.91. The first kappa shape index (κ1) is 17.5. The highest BCUT2D eigenvalue weighted by atomic mass is 35.5. The Bertz CT molecular complexity index is 789. The highest BCUT2D eigenvalue weighted by Crippen LogP contribution is 2.48. The first-order chi connectivity index (χ1) is 12.0. The summed E-state index contributed by atoms with van der Waals surface area (Å²) in [5, 5.41) is 3.30. The Labute approximate surface area is 152 Å². The number of hydrogen-bond donors (Lipinski definition) is 1. The van der Waals surface area contributed by atoms with Crippen LogP contribution >= 0.6 is 11.6 Å². The lowest BCUT2D eigenvalue weighted by Gasteiger charge is -2.17. The summed E-state index contributed by atoms with van der Waals surface area (Å²) < 4.78 is 0. The zero-order valence-corrected chi connectivity index (χ0v) is 15.1. The summed E-state index contributed by atoms with van der Waals surface area (Å²) in [7, 11) is 3.43. The second kappa shape index (κ2) is 7.28. The number of halogens is 1. The maximum atomic E-state index is 12.6. The van der Waals surface area contributed by atoms with Crippen LogP contribution < -0.4 is 5.32 Å². The molecule has 2 atom stereocenters. The lowest BCUT2D eigenvalue weighted by atomic mass is 10.1. The summed E-state index contributed by atoms with van der Waals surface area (Å²) in [5.74, 6) is 0.344. The molecule has 0 aliphatic heterocycles. The molecular formula is C20H21ClN2O2. The number of hydrogen-bond acceptors (Lipinski definition) is 2. The van der Waals surface area contributed by atoms with Crippen molar-refractivity contribution < 1.29 is 9.59 Å². The molecular weight excluding hydrogens is 336 g/mol. The van der Waals surface area contributed by atoms with Gasteiger partial charge in [0.25, 0.3) is 5.91 Å². The number of rotatable bonds is 5. The minimum atomic E-state index is -0.113. The highest BCUT2D eigenvalue weighted by molar-refractivity contribution is 6.30. The van der Waals surface area contributed by atoms with Crippen molar-refractivity contribution in [1.82, 2.24) is 10.2 Å². The van der Waals surface area contributed by atoms with Crippen molar-refractivity contribution in [2.24, 2.45) is 5.92 Å². The van der Waals surface area contributed by atoms with Crippen molar-refractivity contribution in [3.05, 3.63) is 70.2 Å². The van der Waals surface area contributed by atoms with Crippen LogP contribution in [-0.4, -0.2) is 30.8 Å². The summed E-state index contributed by atoms with van der Waals surface area (Å²) in [4.78, 5) is 25.9. The van der Waals surface area contributed by atoms with E-state index < -0.39 is 0 Å². The third-order valence-electron chi connectivity index (χ3n) is 4.62. The standard InChI is InChI=1S/C20H21ClN2O2/c1-22-19(24)14-8-6-13(7-9-14)12-23(2)20(25)18-11-17(18)15-4-3-5-16(21)10-15/h3-10,17-18H,11-12H2,1-2H3,(H,22,24)/t17-,18+/m1/s1. The molecule has 0 heterocycles. The van der Waals surface area contributed by atoms with Crippen LogP contribution in [-0.2, 0) is 11.3 Å². The zero-order chi connectivity index (χ0) is 18.0. The minimum absolute atomic E-state index is 0.0357. The lowest BCUT2D eigenvalue weighted by Crippen LogP contribution is -2.28. The highest BCUT2D eigenvalue weighted by Gasteiger charge is 2.45. The number of carbonyl (C=O) groups is 2. The Morgan fingerprint density at radius 1 is 1.20 bits per heavy atom. The third kappa shape index (κ3) is 4.02. The maximum Gasteiger partial charge on any atom is 0.251 e. The van der Waals surface area contributed by atoms with Gasteiger partial charge in [-0.1, -0.05) is 35.9 Å². The molecule has 1 saturated carbocycles. The number of nitrogens with zero attached hydrogens (tertiary/aromatic N) is 1. The molecule has 0 radical (unpaired) electrons. The summed E-state index contributed by atoms with van der Waals surface area (Å²) in [6.45, 7) is 0.533. The van der Waals surface area contributed by atoms with E-state index in [9.17, 15) is 9.59 Å². The van der Waals surface area contributed by atoms with Crippen LogP contribution in [0.3, 0.4) is 0 Å². The van der Waals surface area contributed by atoms with E-state index in [2.05, 4.69) is 5.32 Å². The van der Waals surface area contributed by atoms with E-state index in [1.165, 1.54) is 0 Å². The summed E-state index contributed by atoms with van der Waals surface area (Å²) >= 11 is 6.04. The summed E-state index contributed by atoms with van der Waals surface area (Å²) in [6.07, 6.45) is 0.874. The average Bonchev–Trinajstić information content (AvgIpc) is 3.41. The Morgan fingerprint density at radius 3 is 2.56 bits per heavy atom. The van der Waals surface area contributed by atoms with Crippen molar-refractivity contribution in [3.8, 4) is 0 Å². The molecule has 2 aromatic carbocycles. The lowest BCUT2D eigenvalue weighted by molar-refractivity contribution is -0.131. The minimum Gasteiger partial charge on any atom is -0.355 e. The van der Waals surface area contributed by atoms with Gasteiger partial charge in [0, 0.05) is 37.1 Å². The molecule has 3 rings (SSSR count). The summed E-state index contributed by atoms with van der Waals surface area (Å²) in [5.41, 5.74) is 2.75. The van der Waals surface area contributed by atoms with E-state index in [1.54, 1.807) is 24.1 Å². The molecule has 25 heavy (non-hydrogen) atoms. The van der Waals surface area contributed by atoms with E-state index >= 15 is 0 Å². The third-order valence-corrected chi connectivity index (χ3v) is 4.86. The predicted octanol–water partition coefficient (Wildman–Crippen LogP) is 3.46. The van der Waals surface area contributed by atoms with Gasteiger partial charge in [-0.25, -0.2) is 0 Å². The smallest absolute Gasteiger partial charge is 0.251 e. The fraction of sp³-hybridized carbons (Fsp3) is 0.300. The van der Waals surface area contributed by atoms with Gasteiger partial charge in [-0.2, -0.15) is 0 Å². The Balaban J connectivity index is 1.59. The van der Waals surface area contributed by atoms with Crippen LogP contribution in [0, 0.1) is 5.92 Å². The van der Waals surface area contributed by atoms with Crippen molar-refractivity contribution in [2.75, 3.05) is 14.1 Å². The molecule has 4 nitrogen and oxygen atoms in total. The van der Waals surface area contributed by atoms with Gasteiger partial charge < -0.3 is 10.2 Å². The second-order valence-electron chi connectivity index (χ2n) is 6.47. The molecule has 0 unspecified atom stereocenters.